The maximum absolute atomic E-state index is 3.73. The molecule has 17 heavy (non-hydrogen) atoms. The summed E-state index contributed by atoms with van der Waals surface area (Å²) in [6.45, 7) is 3.82. The molecule has 2 aliphatic carbocycles. The fourth-order valence-electron chi connectivity index (χ4n) is 3.76. The highest BCUT2D eigenvalue weighted by Gasteiger charge is 2.31. The van der Waals surface area contributed by atoms with Crippen molar-refractivity contribution >= 4 is 0 Å². The number of hydrogen-bond donors (Lipinski definition) is 2. The lowest BCUT2D eigenvalue weighted by atomic mass is 9.79. The summed E-state index contributed by atoms with van der Waals surface area (Å²) in [5.41, 5.74) is 0. The van der Waals surface area contributed by atoms with Crippen LogP contribution < -0.4 is 10.6 Å². The first-order valence-corrected chi connectivity index (χ1v) is 7.86. The minimum absolute atomic E-state index is 0.880. The van der Waals surface area contributed by atoms with Gasteiger partial charge in [0.15, 0.2) is 0 Å². The molecule has 0 amide bonds. The standard InChI is InChI=1S/C15H28N2/c1-2-4-12(5-3-1)8-13-9-16-10-14(13)11-17-15-6-7-15/h12-17H,1-11H2/t13-,14-/m1/s1. The quantitative estimate of drug-likeness (QED) is 0.766. The van der Waals surface area contributed by atoms with E-state index in [0.29, 0.717) is 0 Å². The lowest BCUT2D eigenvalue weighted by molar-refractivity contribution is 0.260. The van der Waals surface area contributed by atoms with Gasteiger partial charge in [-0.15, -0.1) is 0 Å². The predicted octanol–water partition coefficient (Wildman–Crippen LogP) is 2.54. The molecular formula is C15H28N2. The van der Waals surface area contributed by atoms with Crippen LogP contribution in [-0.2, 0) is 0 Å². The summed E-state index contributed by atoms with van der Waals surface area (Å²) in [6, 6.07) is 0.880. The molecule has 3 fully saturated rings. The summed E-state index contributed by atoms with van der Waals surface area (Å²) >= 11 is 0. The van der Waals surface area contributed by atoms with Gasteiger partial charge in [0.05, 0.1) is 0 Å². The molecule has 2 atom stereocenters. The monoisotopic (exact) mass is 236 g/mol. The van der Waals surface area contributed by atoms with Gasteiger partial charge in [0.1, 0.15) is 0 Å². The van der Waals surface area contributed by atoms with Gasteiger partial charge < -0.3 is 10.6 Å². The van der Waals surface area contributed by atoms with Crippen LogP contribution in [0.3, 0.4) is 0 Å². The number of rotatable bonds is 5. The predicted molar refractivity (Wildman–Crippen MR) is 72.1 cm³/mol. The van der Waals surface area contributed by atoms with Crippen molar-refractivity contribution in [2.24, 2.45) is 17.8 Å². The molecule has 2 nitrogen and oxygen atoms in total. The highest BCUT2D eigenvalue weighted by molar-refractivity contribution is 4.88. The summed E-state index contributed by atoms with van der Waals surface area (Å²) in [5.74, 6) is 2.93. The van der Waals surface area contributed by atoms with Crippen LogP contribution in [0.2, 0.25) is 0 Å². The third-order valence-electron chi connectivity index (χ3n) is 5.09. The molecule has 98 valence electrons. The maximum atomic E-state index is 3.73. The number of hydrogen-bond acceptors (Lipinski definition) is 2. The first-order valence-electron chi connectivity index (χ1n) is 7.86. The van der Waals surface area contributed by atoms with Gasteiger partial charge in [0.2, 0.25) is 0 Å². The molecule has 2 heteroatoms. The van der Waals surface area contributed by atoms with Crippen molar-refractivity contribution in [1.82, 2.24) is 10.6 Å². The van der Waals surface area contributed by atoms with E-state index >= 15 is 0 Å². The third kappa shape index (κ3) is 3.45. The first kappa shape index (κ1) is 12.0. The minimum Gasteiger partial charge on any atom is -0.316 e. The van der Waals surface area contributed by atoms with Crippen LogP contribution in [-0.4, -0.2) is 25.7 Å². The Labute approximate surface area is 106 Å². The fourth-order valence-corrected chi connectivity index (χ4v) is 3.76. The zero-order valence-electron chi connectivity index (χ0n) is 11.1. The van der Waals surface area contributed by atoms with E-state index in [1.54, 1.807) is 0 Å². The second-order valence-electron chi connectivity index (χ2n) is 6.60. The van der Waals surface area contributed by atoms with Crippen molar-refractivity contribution in [2.45, 2.75) is 57.4 Å². The first-order chi connectivity index (χ1) is 8.42. The molecule has 2 N–H and O–H groups in total. The average molecular weight is 236 g/mol. The van der Waals surface area contributed by atoms with Gasteiger partial charge in [0, 0.05) is 6.04 Å². The van der Waals surface area contributed by atoms with E-state index in [4.69, 9.17) is 0 Å². The molecule has 0 spiro atoms. The number of nitrogens with one attached hydrogen (secondary N) is 2. The van der Waals surface area contributed by atoms with Gasteiger partial charge in [-0.2, -0.15) is 0 Å². The Morgan fingerprint density at radius 2 is 1.65 bits per heavy atom. The molecule has 0 radical (unpaired) electrons. The van der Waals surface area contributed by atoms with Gasteiger partial charge in [-0.25, -0.2) is 0 Å². The molecular weight excluding hydrogens is 208 g/mol. The molecule has 0 aromatic carbocycles. The van der Waals surface area contributed by atoms with E-state index in [1.807, 2.05) is 0 Å². The molecule has 0 aromatic rings. The highest BCUT2D eigenvalue weighted by Crippen LogP contribution is 2.33. The summed E-state index contributed by atoms with van der Waals surface area (Å²) < 4.78 is 0. The Hall–Kier alpha value is -0.0800. The van der Waals surface area contributed by atoms with E-state index in [9.17, 15) is 0 Å². The average Bonchev–Trinajstić information content (AvgIpc) is 3.09. The molecule has 1 saturated heterocycles. The summed E-state index contributed by atoms with van der Waals surface area (Å²) in [6.07, 6.45) is 11.9. The van der Waals surface area contributed by atoms with Crippen molar-refractivity contribution in [1.29, 1.82) is 0 Å². The Morgan fingerprint density at radius 1 is 0.882 bits per heavy atom. The minimum atomic E-state index is 0.880. The highest BCUT2D eigenvalue weighted by atomic mass is 15.0. The van der Waals surface area contributed by atoms with Crippen LogP contribution >= 0.6 is 0 Å². The maximum Gasteiger partial charge on any atom is 0.00683 e. The van der Waals surface area contributed by atoms with Gasteiger partial charge in [-0.05, 0) is 56.7 Å². The van der Waals surface area contributed by atoms with E-state index in [0.717, 1.165) is 23.8 Å². The van der Waals surface area contributed by atoms with Gasteiger partial charge in [0.25, 0.3) is 0 Å². The van der Waals surface area contributed by atoms with Crippen molar-refractivity contribution in [3.8, 4) is 0 Å². The van der Waals surface area contributed by atoms with Crippen LogP contribution in [0.5, 0.6) is 0 Å². The van der Waals surface area contributed by atoms with Crippen LogP contribution in [0.25, 0.3) is 0 Å². The van der Waals surface area contributed by atoms with Crippen molar-refractivity contribution in [2.75, 3.05) is 19.6 Å². The molecule has 0 aromatic heterocycles. The van der Waals surface area contributed by atoms with E-state index in [1.165, 1.54) is 71.0 Å². The van der Waals surface area contributed by atoms with Gasteiger partial charge in [-0.3, -0.25) is 0 Å². The molecule has 1 heterocycles. The third-order valence-corrected chi connectivity index (χ3v) is 5.09. The van der Waals surface area contributed by atoms with Crippen molar-refractivity contribution in [3.05, 3.63) is 0 Å². The van der Waals surface area contributed by atoms with Crippen LogP contribution in [0, 0.1) is 17.8 Å². The van der Waals surface area contributed by atoms with Crippen LogP contribution in [0.1, 0.15) is 51.4 Å². The summed E-state index contributed by atoms with van der Waals surface area (Å²) in [4.78, 5) is 0. The molecule has 3 rings (SSSR count). The Morgan fingerprint density at radius 3 is 2.41 bits per heavy atom. The Kier molecular flexibility index (Phi) is 4.02. The zero-order chi connectivity index (χ0) is 11.5. The second kappa shape index (κ2) is 5.71. The fraction of sp³-hybridized carbons (Fsp3) is 1.00. The zero-order valence-corrected chi connectivity index (χ0v) is 11.1. The van der Waals surface area contributed by atoms with E-state index in [2.05, 4.69) is 10.6 Å². The largest absolute Gasteiger partial charge is 0.316 e. The smallest absolute Gasteiger partial charge is 0.00683 e. The molecule has 3 aliphatic rings. The Bertz CT molecular complexity index is 231. The normalized spacial score (nSPS) is 35.3. The molecule has 1 aliphatic heterocycles. The topological polar surface area (TPSA) is 24.1 Å². The second-order valence-corrected chi connectivity index (χ2v) is 6.60. The van der Waals surface area contributed by atoms with Crippen LogP contribution in [0.4, 0.5) is 0 Å². The SMILES string of the molecule is C1CCC(C[C@@H]2CNC[C@@H]2CNC2CC2)CC1. The molecule has 2 saturated carbocycles. The van der Waals surface area contributed by atoms with Gasteiger partial charge >= 0.3 is 0 Å². The summed E-state index contributed by atoms with van der Waals surface area (Å²) in [7, 11) is 0. The van der Waals surface area contributed by atoms with Crippen molar-refractivity contribution < 1.29 is 0 Å². The lowest BCUT2D eigenvalue weighted by Crippen LogP contribution is -2.30. The molecule has 0 unspecified atom stereocenters. The van der Waals surface area contributed by atoms with E-state index in [-0.39, 0.29) is 0 Å². The van der Waals surface area contributed by atoms with Crippen molar-refractivity contribution in [3.63, 3.8) is 0 Å². The molecule has 0 bridgehead atoms. The van der Waals surface area contributed by atoms with Gasteiger partial charge in [-0.1, -0.05) is 32.1 Å². The Balaban J connectivity index is 1.43. The summed E-state index contributed by atoms with van der Waals surface area (Å²) in [5, 5.41) is 7.34. The van der Waals surface area contributed by atoms with E-state index < -0.39 is 0 Å². The lowest BCUT2D eigenvalue weighted by Gasteiger charge is -2.27. The van der Waals surface area contributed by atoms with Crippen LogP contribution in [0.15, 0.2) is 0 Å².